The van der Waals surface area contributed by atoms with Gasteiger partial charge < -0.3 is 19.6 Å². The molecule has 1 saturated carbocycles. The lowest BCUT2D eigenvalue weighted by Crippen LogP contribution is -2.59. The summed E-state index contributed by atoms with van der Waals surface area (Å²) >= 11 is 6.39. The number of nitrogens with one attached hydrogen (secondary N) is 1. The number of anilines is 4. The summed E-state index contributed by atoms with van der Waals surface area (Å²) in [6, 6.07) is 25.2. The van der Waals surface area contributed by atoms with Crippen LogP contribution >= 0.6 is 11.6 Å². The van der Waals surface area contributed by atoms with Gasteiger partial charge in [-0.1, -0.05) is 11.6 Å². The number of carbonyl (C=O) groups is 3. The summed E-state index contributed by atoms with van der Waals surface area (Å²) in [5.41, 5.74) is 6.25. The van der Waals surface area contributed by atoms with Gasteiger partial charge in [0.25, 0.3) is 5.91 Å². The zero-order valence-corrected chi connectivity index (χ0v) is 33.7. The van der Waals surface area contributed by atoms with Crippen LogP contribution in [0.25, 0.3) is 0 Å². The number of likely N-dealkylation sites (tertiary alicyclic amines) is 1. The highest BCUT2D eigenvalue weighted by Crippen LogP contribution is 2.51. The monoisotopic (exact) mass is 788 g/mol. The SMILES string of the molecule is C[C@@H]1CC2(CCN(c3ccc(C(=O)N4CCC5(CC4)CC(N4CCN(c6ccc(N7CCC(=O)NC7=O)cc6)CC4)C5)cc3)CC2)CN1c1ccc(C#N)c(Cl)c1. The van der Waals surface area contributed by atoms with Crippen LogP contribution in [0, 0.1) is 22.2 Å². The molecule has 1 atom stereocenters. The normalized spacial score (nSPS) is 23.8. The predicted octanol–water partition coefficient (Wildman–Crippen LogP) is 6.75. The zero-order chi connectivity index (χ0) is 39.3. The number of hydrogen-bond donors (Lipinski definition) is 1. The number of halogens is 1. The smallest absolute Gasteiger partial charge is 0.328 e. The van der Waals surface area contributed by atoms with Gasteiger partial charge >= 0.3 is 6.03 Å². The molecule has 298 valence electrons. The number of rotatable bonds is 6. The summed E-state index contributed by atoms with van der Waals surface area (Å²) in [6.07, 6.45) is 8.40. The largest absolute Gasteiger partial charge is 0.371 e. The van der Waals surface area contributed by atoms with Crippen LogP contribution in [0.5, 0.6) is 0 Å². The van der Waals surface area contributed by atoms with Gasteiger partial charge in [-0.05, 0) is 129 Å². The van der Waals surface area contributed by atoms with E-state index < -0.39 is 0 Å². The van der Waals surface area contributed by atoms with Gasteiger partial charge in [0.05, 0.1) is 10.6 Å². The van der Waals surface area contributed by atoms with Crippen molar-refractivity contribution >= 4 is 52.2 Å². The number of piperazine rings is 1. The number of amides is 4. The second-order valence-corrected chi connectivity index (χ2v) is 18.0. The molecule has 9 rings (SSSR count). The topological polar surface area (TPSA) is 106 Å². The molecule has 2 spiro atoms. The number of piperidine rings is 2. The highest BCUT2D eigenvalue weighted by molar-refractivity contribution is 6.32. The van der Waals surface area contributed by atoms with Crippen molar-refractivity contribution in [1.82, 2.24) is 15.1 Å². The Morgan fingerprint density at radius 3 is 1.96 bits per heavy atom. The second kappa shape index (κ2) is 15.2. The van der Waals surface area contributed by atoms with Gasteiger partial charge in [-0.3, -0.25) is 24.7 Å². The number of imide groups is 1. The van der Waals surface area contributed by atoms with E-state index >= 15 is 0 Å². The summed E-state index contributed by atoms with van der Waals surface area (Å²) in [5.74, 6) is -0.0586. The van der Waals surface area contributed by atoms with E-state index in [4.69, 9.17) is 11.6 Å². The van der Waals surface area contributed by atoms with E-state index in [-0.39, 0.29) is 23.3 Å². The summed E-state index contributed by atoms with van der Waals surface area (Å²) in [4.78, 5) is 51.1. The Balaban J connectivity index is 0.708. The standard InChI is InChI=1S/C45H53ClN8O3/c1-32-27-45(31-54(32)38-7-4-34(30-47)40(46)26-38)15-18-49(19-16-45)35-5-2-33(3-6-35)42(56)52-20-13-44(14-21-52)28-39(29-44)51-24-22-50(23-25-51)36-8-10-37(11-9-36)53-17-12-41(55)48-43(53)57/h2-11,26,32,39H,12-25,27-29,31H2,1H3,(H,48,55,57)/t32-/m1/s1. The molecule has 0 bridgehead atoms. The van der Waals surface area contributed by atoms with Crippen LogP contribution in [0.1, 0.15) is 74.2 Å². The molecular formula is C45H53ClN8O3. The molecule has 6 aliphatic rings. The van der Waals surface area contributed by atoms with Crippen molar-refractivity contribution in [2.75, 3.05) is 85.0 Å². The maximum absolute atomic E-state index is 13.6. The van der Waals surface area contributed by atoms with Crippen LogP contribution in [0.4, 0.5) is 27.5 Å². The van der Waals surface area contributed by atoms with Crippen molar-refractivity contribution in [3.05, 3.63) is 82.9 Å². The van der Waals surface area contributed by atoms with Crippen molar-refractivity contribution < 1.29 is 14.4 Å². The van der Waals surface area contributed by atoms with Crippen molar-refractivity contribution in [3.63, 3.8) is 0 Å². The minimum Gasteiger partial charge on any atom is -0.371 e. The average Bonchev–Trinajstić information content (AvgIpc) is 3.55. The Hall–Kier alpha value is -4.79. The molecule has 12 heteroatoms. The maximum Gasteiger partial charge on any atom is 0.328 e. The van der Waals surface area contributed by atoms with Crippen LogP contribution < -0.4 is 24.9 Å². The van der Waals surface area contributed by atoms with Gasteiger partial charge in [-0.25, -0.2) is 4.79 Å². The highest BCUT2D eigenvalue weighted by Gasteiger charge is 2.49. The molecule has 4 amide bonds. The number of nitrogens with zero attached hydrogens (tertiary/aromatic N) is 7. The van der Waals surface area contributed by atoms with Crippen LogP contribution in [0.2, 0.25) is 5.02 Å². The molecule has 0 radical (unpaired) electrons. The van der Waals surface area contributed by atoms with Crippen LogP contribution in [0.3, 0.4) is 0 Å². The number of hydrogen-bond acceptors (Lipinski definition) is 8. The number of benzene rings is 3. The van der Waals surface area contributed by atoms with E-state index in [0.29, 0.717) is 41.1 Å². The minimum absolute atomic E-state index is 0.159. The highest BCUT2D eigenvalue weighted by atomic mass is 35.5. The van der Waals surface area contributed by atoms with E-state index in [1.54, 1.807) is 4.90 Å². The Bertz CT molecular complexity index is 2040. The van der Waals surface area contributed by atoms with Gasteiger partial charge in [0.1, 0.15) is 6.07 Å². The molecule has 11 nitrogen and oxygen atoms in total. The van der Waals surface area contributed by atoms with E-state index in [1.807, 2.05) is 42.5 Å². The third-order valence-electron chi connectivity index (χ3n) is 14.3. The number of urea groups is 1. The Morgan fingerprint density at radius 1 is 0.737 bits per heavy atom. The molecule has 5 heterocycles. The third kappa shape index (κ3) is 7.43. The van der Waals surface area contributed by atoms with Crippen molar-refractivity contribution in [2.45, 2.75) is 70.4 Å². The number of carbonyl (C=O) groups excluding carboxylic acids is 3. The first-order chi connectivity index (χ1) is 27.6. The van der Waals surface area contributed by atoms with E-state index in [2.05, 4.69) is 67.1 Å². The fourth-order valence-electron chi connectivity index (χ4n) is 10.8. The molecule has 1 N–H and O–H groups in total. The molecule has 5 saturated heterocycles. The lowest BCUT2D eigenvalue weighted by molar-refractivity contribution is -0.120. The van der Waals surface area contributed by atoms with Crippen LogP contribution in [-0.2, 0) is 4.79 Å². The quantitative estimate of drug-likeness (QED) is 0.293. The zero-order valence-electron chi connectivity index (χ0n) is 33.0. The Kier molecular flexibility index (Phi) is 10.1. The van der Waals surface area contributed by atoms with Gasteiger partial charge in [-0.2, -0.15) is 5.26 Å². The minimum atomic E-state index is -0.350. The molecular weight excluding hydrogens is 736 g/mol. The van der Waals surface area contributed by atoms with Crippen molar-refractivity contribution in [2.24, 2.45) is 10.8 Å². The van der Waals surface area contributed by atoms with Gasteiger partial charge in [0.2, 0.25) is 5.91 Å². The molecule has 3 aromatic rings. The Labute approximate surface area is 341 Å². The average molecular weight is 789 g/mol. The van der Waals surface area contributed by atoms with Crippen molar-refractivity contribution in [3.8, 4) is 6.07 Å². The first-order valence-electron chi connectivity index (χ1n) is 20.9. The molecule has 57 heavy (non-hydrogen) atoms. The predicted molar refractivity (Wildman–Crippen MR) is 224 cm³/mol. The lowest BCUT2D eigenvalue weighted by Gasteiger charge is -2.56. The van der Waals surface area contributed by atoms with E-state index in [9.17, 15) is 19.6 Å². The lowest BCUT2D eigenvalue weighted by atomic mass is 9.60. The molecule has 0 unspecified atom stereocenters. The van der Waals surface area contributed by atoms with E-state index in [0.717, 1.165) is 108 Å². The Morgan fingerprint density at radius 2 is 1.33 bits per heavy atom. The fourth-order valence-corrected chi connectivity index (χ4v) is 11.0. The van der Waals surface area contributed by atoms with Gasteiger partial charge in [0.15, 0.2) is 0 Å². The molecule has 1 aliphatic carbocycles. The van der Waals surface area contributed by atoms with Crippen LogP contribution in [-0.4, -0.2) is 105 Å². The fraction of sp³-hybridized carbons (Fsp3) is 0.511. The molecule has 6 fully saturated rings. The third-order valence-corrected chi connectivity index (χ3v) is 14.6. The summed E-state index contributed by atoms with van der Waals surface area (Å²) < 4.78 is 0. The van der Waals surface area contributed by atoms with Gasteiger partial charge in [-0.15, -0.1) is 0 Å². The van der Waals surface area contributed by atoms with E-state index in [1.165, 1.54) is 24.2 Å². The number of nitriles is 1. The molecule has 3 aromatic carbocycles. The molecule has 0 aromatic heterocycles. The van der Waals surface area contributed by atoms with Crippen molar-refractivity contribution in [1.29, 1.82) is 5.26 Å². The first kappa shape index (κ1) is 37.8. The summed E-state index contributed by atoms with van der Waals surface area (Å²) in [7, 11) is 0. The molecule has 5 aliphatic heterocycles. The first-order valence-corrected chi connectivity index (χ1v) is 21.3. The van der Waals surface area contributed by atoms with Crippen LogP contribution in [0.15, 0.2) is 66.7 Å². The van der Waals surface area contributed by atoms with Gasteiger partial charge in [0, 0.05) is 112 Å². The summed E-state index contributed by atoms with van der Waals surface area (Å²) in [6.45, 7) is 11.5. The summed E-state index contributed by atoms with van der Waals surface area (Å²) in [5, 5.41) is 12.2. The second-order valence-electron chi connectivity index (χ2n) is 17.6. The maximum atomic E-state index is 13.6.